The highest BCUT2D eigenvalue weighted by atomic mass is 16.2. The van der Waals surface area contributed by atoms with Crippen molar-refractivity contribution in [2.75, 3.05) is 26.2 Å². The predicted octanol–water partition coefficient (Wildman–Crippen LogP) is 3.96. The summed E-state index contributed by atoms with van der Waals surface area (Å²) in [5.74, 6) is 2.18. The van der Waals surface area contributed by atoms with Crippen LogP contribution in [0.1, 0.15) is 80.4 Å². The average Bonchev–Trinajstić information content (AvgIpc) is 3.69. The van der Waals surface area contributed by atoms with Gasteiger partial charge in [0.15, 0.2) is 0 Å². The van der Waals surface area contributed by atoms with E-state index in [4.69, 9.17) is 0 Å². The third-order valence-electron chi connectivity index (χ3n) is 8.71. The maximum Gasteiger partial charge on any atom is 0.254 e. The van der Waals surface area contributed by atoms with Crippen LogP contribution in [0.25, 0.3) is 0 Å². The van der Waals surface area contributed by atoms with E-state index in [1.54, 1.807) is 29.7 Å². The summed E-state index contributed by atoms with van der Waals surface area (Å²) in [6.07, 6.45) is 11.9. The lowest BCUT2D eigenvalue weighted by Gasteiger charge is -2.52. The van der Waals surface area contributed by atoms with Gasteiger partial charge in [0, 0.05) is 62.6 Å². The minimum Gasteiger partial charge on any atom is -0.350 e. The molecule has 226 valence electrons. The van der Waals surface area contributed by atoms with Gasteiger partial charge >= 0.3 is 0 Å². The predicted molar refractivity (Wildman–Crippen MR) is 162 cm³/mol. The van der Waals surface area contributed by atoms with E-state index in [9.17, 15) is 9.59 Å². The summed E-state index contributed by atoms with van der Waals surface area (Å²) in [5, 5.41) is 3.39. The first-order valence-electron chi connectivity index (χ1n) is 15.5. The van der Waals surface area contributed by atoms with E-state index < -0.39 is 0 Å². The number of carbonyl (C=O) groups is 2. The van der Waals surface area contributed by atoms with Gasteiger partial charge in [-0.2, -0.15) is 0 Å². The van der Waals surface area contributed by atoms with Gasteiger partial charge in [-0.25, -0.2) is 9.97 Å². The van der Waals surface area contributed by atoms with Crippen LogP contribution in [0.4, 0.5) is 0 Å². The molecule has 2 saturated heterocycles. The molecule has 42 heavy (non-hydrogen) atoms. The largest absolute Gasteiger partial charge is 0.350 e. The summed E-state index contributed by atoms with van der Waals surface area (Å²) in [7, 11) is 0. The van der Waals surface area contributed by atoms with Crippen LogP contribution in [0.2, 0.25) is 0 Å². The van der Waals surface area contributed by atoms with E-state index in [0.29, 0.717) is 24.6 Å². The molecular formula is C32H46N8O2. The lowest BCUT2D eigenvalue weighted by Crippen LogP contribution is -2.70. The quantitative estimate of drug-likeness (QED) is 0.302. The molecule has 4 heterocycles. The topological polar surface area (TPSA) is 113 Å². The van der Waals surface area contributed by atoms with Gasteiger partial charge in [0.05, 0.1) is 13.1 Å². The molecule has 3 aromatic rings. The number of piperidine rings is 1. The van der Waals surface area contributed by atoms with Crippen LogP contribution in [0.15, 0.2) is 49.1 Å². The molecule has 5 rings (SSSR count). The molecule has 2 aromatic heterocycles. The van der Waals surface area contributed by atoms with E-state index in [0.717, 1.165) is 76.5 Å². The van der Waals surface area contributed by atoms with E-state index in [1.165, 1.54) is 5.56 Å². The van der Waals surface area contributed by atoms with Crippen molar-refractivity contribution in [3.63, 3.8) is 0 Å². The molecule has 0 bridgehead atoms. The van der Waals surface area contributed by atoms with Crippen LogP contribution in [0, 0.1) is 5.92 Å². The molecule has 10 heteroatoms. The number of H-pyrrole nitrogens is 2. The number of unbranched alkanes of at least 4 members (excludes halogenated alkanes) is 1. The van der Waals surface area contributed by atoms with Crippen molar-refractivity contribution in [3.05, 3.63) is 71.8 Å². The monoisotopic (exact) mass is 574 g/mol. The average molecular weight is 575 g/mol. The van der Waals surface area contributed by atoms with Gasteiger partial charge in [-0.15, -0.1) is 0 Å². The number of piperazine rings is 1. The third-order valence-corrected chi connectivity index (χ3v) is 8.71. The Labute approximate surface area is 249 Å². The Morgan fingerprint density at radius 1 is 1.05 bits per heavy atom. The number of imidazole rings is 2. The zero-order valence-corrected chi connectivity index (χ0v) is 25.3. The van der Waals surface area contributed by atoms with Crippen LogP contribution >= 0.6 is 0 Å². The highest BCUT2D eigenvalue weighted by Crippen LogP contribution is 2.34. The van der Waals surface area contributed by atoms with Crippen molar-refractivity contribution < 1.29 is 9.59 Å². The van der Waals surface area contributed by atoms with Crippen molar-refractivity contribution >= 4 is 11.8 Å². The maximum absolute atomic E-state index is 13.5. The van der Waals surface area contributed by atoms with Crippen LogP contribution in [0.5, 0.6) is 0 Å². The number of rotatable bonds is 12. The Balaban J connectivity index is 1.20. The van der Waals surface area contributed by atoms with E-state index >= 15 is 0 Å². The molecule has 1 aromatic carbocycles. The second kappa shape index (κ2) is 13.6. The first-order chi connectivity index (χ1) is 20.4. The van der Waals surface area contributed by atoms with Crippen LogP contribution < -0.4 is 5.32 Å². The molecule has 0 saturated carbocycles. The summed E-state index contributed by atoms with van der Waals surface area (Å²) in [4.78, 5) is 48.5. The summed E-state index contributed by atoms with van der Waals surface area (Å²) < 4.78 is 0. The smallest absolute Gasteiger partial charge is 0.254 e. The first kappa shape index (κ1) is 30.0. The normalized spacial score (nSPS) is 19.3. The molecule has 1 atom stereocenters. The number of nitrogens with zero attached hydrogens (tertiary/aromatic N) is 5. The fourth-order valence-electron chi connectivity index (χ4n) is 6.45. The Kier molecular flexibility index (Phi) is 9.74. The molecule has 2 aliphatic heterocycles. The van der Waals surface area contributed by atoms with Gasteiger partial charge in [0.25, 0.3) is 5.91 Å². The van der Waals surface area contributed by atoms with Crippen molar-refractivity contribution in [2.24, 2.45) is 5.92 Å². The molecule has 2 aliphatic rings. The van der Waals surface area contributed by atoms with Gasteiger partial charge in [-0.3, -0.25) is 19.4 Å². The number of aromatic nitrogens is 4. The minimum absolute atomic E-state index is 0.0690. The number of nitrogens with one attached hydrogen (secondary N) is 3. The van der Waals surface area contributed by atoms with E-state index in [1.807, 2.05) is 24.3 Å². The molecular weight excluding hydrogens is 528 g/mol. The van der Waals surface area contributed by atoms with Crippen LogP contribution in [0.3, 0.4) is 0 Å². The summed E-state index contributed by atoms with van der Waals surface area (Å²) in [5.41, 5.74) is 1.41. The van der Waals surface area contributed by atoms with Gasteiger partial charge in [-0.05, 0) is 55.8 Å². The number of aromatic amines is 2. The zero-order chi connectivity index (χ0) is 29.5. The minimum atomic E-state index is -0.388. The van der Waals surface area contributed by atoms with Crippen molar-refractivity contribution in [1.29, 1.82) is 0 Å². The lowest BCUT2D eigenvalue weighted by molar-refractivity contribution is -0.144. The number of amides is 2. The maximum atomic E-state index is 13.5. The summed E-state index contributed by atoms with van der Waals surface area (Å²) in [6.45, 7) is 11.9. The van der Waals surface area contributed by atoms with Gasteiger partial charge in [-0.1, -0.05) is 39.3 Å². The zero-order valence-electron chi connectivity index (χ0n) is 25.3. The Morgan fingerprint density at radius 3 is 2.24 bits per heavy atom. The summed E-state index contributed by atoms with van der Waals surface area (Å²) in [6, 6.07) is 8.17. The van der Waals surface area contributed by atoms with Gasteiger partial charge < -0.3 is 20.2 Å². The first-order valence-corrected chi connectivity index (χ1v) is 15.5. The third kappa shape index (κ3) is 7.10. The standard InChI is InChI=1S/C32H46N8O2/c1-4-5-16-40-21-27(19-24(2)3)37-31(42)32(40)10-17-38(18-11-32)20-25-6-8-26(9-7-25)30(41)39(22-28-33-12-13-34-28)23-29-35-14-15-36-29/h6-9,12-15,24,27H,4-5,10-11,16-23H2,1-3H3,(H,33,34)(H,35,36)(H,37,42)/t27-/m0/s1. The Hall–Kier alpha value is -3.50. The molecule has 2 amide bonds. The second-order valence-corrected chi connectivity index (χ2v) is 12.3. The van der Waals surface area contributed by atoms with E-state index in [2.05, 4.69) is 55.8 Å². The van der Waals surface area contributed by atoms with Gasteiger partial charge in [0.1, 0.15) is 17.2 Å². The number of carbonyl (C=O) groups excluding carboxylic acids is 2. The number of benzene rings is 1. The van der Waals surface area contributed by atoms with E-state index in [-0.39, 0.29) is 23.4 Å². The molecule has 0 unspecified atom stereocenters. The van der Waals surface area contributed by atoms with Crippen LogP contribution in [-0.2, 0) is 24.4 Å². The molecule has 2 fully saturated rings. The van der Waals surface area contributed by atoms with Crippen molar-refractivity contribution in [2.45, 2.75) is 84.1 Å². The van der Waals surface area contributed by atoms with Crippen molar-refractivity contribution in [1.82, 2.24) is 40.0 Å². The Bertz CT molecular complexity index is 1230. The molecule has 10 nitrogen and oxygen atoms in total. The number of hydrogen-bond acceptors (Lipinski definition) is 6. The van der Waals surface area contributed by atoms with Crippen molar-refractivity contribution in [3.8, 4) is 0 Å². The fraction of sp³-hybridized carbons (Fsp3) is 0.562. The fourth-order valence-corrected chi connectivity index (χ4v) is 6.45. The second-order valence-electron chi connectivity index (χ2n) is 12.3. The Morgan fingerprint density at radius 2 is 1.69 bits per heavy atom. The molecule has 3 N–H and O–H groups in total. The molecule has 0 aliphatic carbocycles. The highest BCUT2D eigenvalue weighted by Gasteiger charge is 2.49. The molecule has 1 spiro atoms. The molecule has 0 radical (unpaired) electrons. The number of hydrogen-bond donors (Lipinski definition) is 3. The summed E-state index contributed by atoms with van der Waals surface area (Å²) >= 11 is 0. The highest BCUT2D eigenvalue weighted by molar-refractivity contribution is 5.94. The lowest BCUT2D eigenvalue weighted by atomic mass is 9.81. The SMILES string of the molecule is CCCCN1C[C@H](CC(C)C)NC(=O)C12CCN(Cc1ccc(C(=O)N(Cc3ncc[nH]3)Cc3ncc[nH]3)cc1)CC2. The van der Waals surface area contributed by atoms with Crippen LogP contribution in [-0.4, -0.2) is 84.2 Å². The van der Waals surface area contributed by atoms with Gasteiger partial charge in [0.2, 0.25) is 5.91 Å². The number of likely N-dealkylation sites (tertiary alicyclic amines) is 1.